The molecule has 1 amide bonds. The number of aliphatic hydroxyl groups excluding tert-OH is 1. The predicted molar refractivity (Wildman–Crippen MR) is 52.8 cm³/mol. The van der Waals surface area contributed by atoms with Crippen molar-refractivity contribution in [3.63, 3.8) is 0 Å². The molecule has 0 aromatic carbocycles. The first-order valence-corrected chi connectivity index (χ1v) is 5.38. The number of hydrogen-bond donors (Lipinski definition) is 2. The van der Waals surface area contributed by atoms with Crippen LogP contribution in [0.15, 0.2) is 0 Å². The number of nitrogens with one attached hydrogen (secondary N) is 1. The van der Waals surface area contributed by atoms with Crippen LogP contribution in [0, 0.1) is 5.92 Å². The fourth-order valence-corrected chi connectivity index (χ4v) is 2.37. The van der Waals surface area contributed by atoms with Crippen LogP contribution in [-0.2, 0) is 4.79 Å². The smallest absolute Gasteiger partial charge is 0.227 e. The van der Waals surface area contributed by atoms with Gasteiger partial charge in [-0.15, -0.1) is 0 Å². The lowest BCUT2D eigenvalue weighted by molar-refractivity contribution is -0.134. The third kappa shape index (κ3) is 1.77. The molecule has 2 N–H and O–H groups in total. The van der Waals surface area contributed by atoms with Crippen molar-refractivity contribution in [2.75, 3.05) is 19.6 Å². The molecule has 0 aromatic rings. The van der Waals surface area contributed by atoms with Gasteiger partial charge in [0.25, 0.3) is 0 Å². The van der Waals surface area contributed by atoms with Gasteiger partial charge in [0.05, 0.1) is 12.0 Å². The van der Waals surface area contributed by atoms with Crippen molar-refractivity contribution in [3.05, 3.63) is 0 Å². The van der Waals surface area contributed by atoms with E-state index in [1.165, 1.54) is 0 Å². The van der Waals surface area contributed by atoms with Crippen LogP contribution < -0.4 is 5.32 Å². The van der Waals surface area contributed by atoms with Crippen LogP contribution in [0.3, 0.4) is 0 Å². The van der Waals surface area contributed by atoms with E-state index in [1.54, 1.807) is 4.90 Å². The van der Waals surface area contributed by atoms with E-state index in [1.807, 2.05) is 0 Å². The van der Waals surface area contributed by atoms with Gasteiger partial charge in [0.2, 0.25) is 5.91 Å². The molecule has 2 unspecified atom stereocenters. The highest BCUT2D eigenvalue weighted by Crippen LogP contribution is 2.20. The molecule has 2 rings (SSSR count). The number of carbonyl (C=O) groups excluding carboxylic acids is 1. The summed E-state index contributed by atoms with van der Waals surface area (Å²) in [6.07, 6.45) is 1.37. The molecular weight excluding hydrogens is 180 g/mol. The van der Waals surface area contributed by atoms with Crippen LogP contribution in [0.25, 0.3) is 0 Å². The SMILES string of the molecule is CC1NCCC1C(=O)N1CC[C@@H](O)C1. The van der Waals surface area contributed by atoms with E-state index in [4.69, 9.17) is 0 Å². The molecule has 0 bridgehead atoms. The number of carbonyl (C=O) groups is 1. The first-order chi connectivity index (χ1) is 6.68. The van der Waals surface area contributed by atoms with Crippen molar-refractivity contribution in [2.45, 2.75) is 31.9 Å². The summed E-state index contributed by atoms with van der Waals surface area (Å²) in [5.74, 6) is 0.347. The number of nitrogens with zero attached hydrogens (tertiary/aromatic N) is 1. The van der Waals surface area contributed by atoms with E-state index in [0.717, 1.165) is 25.9 Å². The summed E-state index contributed by atoms with van der Waals surface area (Å²) < 4.78 is 0. The van der Waals surface area contributed by atoms with Gasteiger partial charge in [-0.25, -0.2) is 0 Å². The molecule has 2 aliphatic heterocycles. The predicted octanol–water partition coefficient (Wildman–Crippen LogP) is -0.422. The van der Waals surface area contributed by atoms with E-state index >= 15 is 0 Å². The normalized spacial score (nSPS) is 37.9. The van der Waals surface area contributed by atoms with E-state index in [2.05, 4.69) is 12.2 Å². The molecule has 0 aliphatic carbocycles. The molecule has 2 saturated heterocycles. The highest BCUT2D eigenvalue weighted by atomic mass is 16.3. The number of hydrogen-bond acceptors (Lipinski definition) is 3. The van der Waals surface area contributed by atoms with Crippen molar-refractivity contribution in [1.29, 1.82) is 0 Å². The summed E-state index contributed by atoms with van der Waals surface area (Å²) in [6, 6.07) is 0.292. The van der Waals surface area contributed by atoms with E-state index in [9.17, 15) is 9.90 Å². The van der Waals surface area contributed by atoms with Crippen molar-refractivity contribution < 1.29 is 9.90 Å². The summed E-state index contributed by atoms with van der Waals surface area (Å²) >= 11 is 0. The van der Waals surface area contributed by atoms with E-state index in [-0.39, 0.29) is 17.9 Å². The molecule has 0 aromatic heterocycles. The van der Waals surface area contributed by atoms with Gasteiger partial charge in [0.1, 0.15) is 0 Å². The Kier molecular flexibility index (Phi) is 2.74. The number of aliphatic hydroxyl groups is 1. The minimum atomic E-state index is -0.302. The van der Waals surface area contributed by atoms with Gasteiger partial charge in [-0.05, 0) is 26.3 Å². The molecule has 0 radical (unpaired) electrons. The quantitative estimate of drug-likeness (QED) is 0.601. The summed E-state index contributed by atoms with van der Waals surface area (Å²) in [6.45, 7) is 4.25. The Morgan fingerprint density at radius 2 is 2.29 bits per heavy atom. The van der Waals surface area contributed by atoms with Crippen LogP contribution in [0.2, 0.25) is 0 Å². The van der Waals surface area contributed by atoms with Crippen LogP contribution in [0.5, 0.6) is 0 Å². The van der Waals surface area contributed by atoms with Gasteiger partial charge in [-0.1, -0.05) is 0 Å². The van der Waals surface area contributed by atoms with Crippen LogP contribution in [0.4, 0.5) is 0 Å². The standard InChI is InChI=1S/C10H18N2O2/c1-7-9(2-4-11-7)10(14)12-5-3-8(13)6-12/h7-9,11,13H,2-6H2,1H3/t7?,8-,9?/m1/s1. The van der Waals surface area contributed by atoms with Gasteiger partial charge in [-0.2, -0.15) is 0 Å². The lowest BCUT2D eigenvalue weighted by Crippen LogP contribution is -2.39. The Labute approximate surface area is 84.3 Å². The van der Waals surface area contributed by atoms with Gasteiger partial charge in [0.15, 0.2) is 0 Å². The lowest BCUT2D eigenvalue weighted by atomic mass is 10.0. The largest absolute Gasteiger partial charge is 0.391 e. The summed E-state index contributed by atoms with van der Waals surface area (Å²) in [5.41, 5.74) is 0. The van der Waals surface area contributed by atoms with Crippen LogP contribution in [0.1, 0.15) is 19.8 Å². The molecular formula is C10H18N2O2. The van der Waals surface area contributed by atoms with Crippen molar-refractivity contribution in [2.24, 2.45) is 5.92 Å². The maximum absolute atomic E-state index is 12.0. The second kappa shape index (κ2) is 3.87. The maximum Gasteiger partial charge on any atom is 0.227 e. The molecule has 2 heterocycles. The summed E-state index contributed by atoms with van der Waals surface area (Å²) in [5, 5.41) is 12.6. The Balaban J connectivity index is 1.94. The Morgan fingerprint density at radius 3 is 2.79 bits per heavy atom. The zero-order chi connectivity index (χ0) is 10.1. The second-order valence-corrected chi connectivity index (χ2v) is 4.36. The zero-order valence-corrected chi connectivity index (χ0v) is 8.57. The zero-order valence-electron chi connectivity index (χ0n) is 8.57. The monoisotopic (exact) mass is 198 g/mol. The molecule has 2 fully saturated rings. The minimum absolute atomic E-state index is 0.125. The molecule has 4 nitrogen and oxygen atoms in total. The lowest BCUT2D eigenvalue weighted by Gasteiger charge is -2.22. The van der Waals surface area contributed by atoms with E-state index < -0.39 is 0 Å². The van der Waals surface area contributed by atoms with Gasteiger partial charge in [0, 0.05) is 19.1 Å². The third-order valence-electron chi connectivity index (χ3n) is 3.32. The molecule has 4 heteroatoms. The first kappa shape index (κ1) is 9.93. The van der Waals surface area contributed by atoms with Crippen molar-refractivity contribution >= 4 is 5.91 Å². The van der Waals surface area contributed by atoms with Gasteiger partial charge >= 0.3 is 0 Å². The average molecular weight is 198 g/mol. The van der Waals surface area contributed by atoms with E-state index in [0.29, 0.717) is 12.6 Å². The van der Waals surface area contributed by atoms with Crippen LogP contribution in [-0.4, -0.2) is 47.7 Å². The molecule has 0 saturated carbocycles. The Hall–Kier alpha value is -0.610. The van der Waals surface area contributed by atoms with Crippen LogP contribution >= 0.6 is 0 Å². The number of likely N-dealkylation sites (tertiary alicyclic amines) is 1. The van der Waals surface area contributed by atoms with Gasteiger partial charge in [-0.3, -0.25) is 4.79 Å². The average Bonchev–Trinajstić information content (AvgIpc) is 2.73. The Morgan fingerprint density at radius 1 is 1.50 bits per heavy atom. The molecule has 3 atom stereocenters. The topological polar surface area (TPSA) is 52.6 Å². The fraction of sp³-hybridized carbons (Fsp3) is 0.900. The third-order valence-corrected chi connectivity index (χ3v) is 3.32. The highest BCUT2D eigenvalue weighted by Gasteiger charge is 2.35. The molecule has 80 valence electrons. The number of amides is 1. The van der Waals surface area contributed by atoms with Gasteiger partial charge < -0.3 is 15.3 Å². The molecule has 2 aliphatic rings. The maximum atomic E-state index is 12.0. The highest BCUT2D eigenvalue weighted by molar-refractivity contribution is 5.80. The minimum Gasteiger partial charge on any atom is -0.391 e. The second-order valence-electron chi connectivity index (χ2n) is 4.36. The van der Waals surface area contributed by atoms with Crippen molar-refractivity contribution in [1.82, 2.24) is 10.2 Å². The summed E-state index contributed by atoms with van der Waals surface area (Å²) in [7, 11) is 0. The Bertz CT molecular complexity index is 232. The molecule has 14 heavy (non-hydrogen) atoms. The summed E-state index contributed by atoms with van der Waals surface area (Å²) in [4.78, 5) is 13.8. The van der Waals surface area contributed by atoms with Crippen molar-refractivity contribution in [3.8, 4) is 0 Å². The first-order valence-electron chi connectivity index (χ1n) is 5.38. The number of β-amino-alcohol motifs (C(OH)–C–C–N with tert-alkyl or cyclic N) is 1. The molecule has 0 spiro atoms. The number of rotatable bonds is 1. The fourth-order valence-electron chi connectivity index (χ4n) is 2.37.